The van der Waals surface area contributed by atoms with Crippen molar-refractivity contribution in [2.75, 3.05) is 7.11 Å². The number of methoxy groups -OCH3 is 1. The predicted octanol–water partition coefficient (Wildman–Crippen LogP) is 3.86. The van der Waals surface area contributed by atoms with Crippen LogP contribution in [0.15, 0.2) is 36.7 Å². The molecule has 0 saturated heterocycles. The minimum absolute atomic E-state index is 0.556. The maximum Gasteiger partial charge on any atom is 0.125 e. The Labute approximate surface area is 150 Å². The predicted molar refractivity (Wildman–Crippen MR) is 98.6 cm³/mol. The van der Waals surface area contributed by atoms with Crippen molar-refractivity contribution < 1.29 is 4.74 Å². The normalized spacial score (nSPS) is 28.1. The largest absolute Gasteiger partial charge is 0.497 e. The molecular weight excluding hydrogens is 310 g/mol. The number of ether oxygens (including phenoxy) is 1. The van der Waals surface area contributed by atoms with E-state index in [1.807, 2.05) is 19.3 Å². The van der Waals surface area contributed by atoms with Gasteiger partial charge in [-0.25, -0.2) is 9.97 Å². The molecule has 4 heteroatoms. The number of fused-ring (bicyclic) bond motifs is 1. The molecule has 2 saturated carbocycles. The fourth-order valence-corrected chi connectivity index (χ4v) is 4.77. The summed E-state index contributed by atoms with van der Waals surface area (Å²) in [7, 11) is 1.73. The van der Waals surface area contributed by atoms with Gasteiger partial charge in [-0.2, -0.15) is 0 Å². The van der Waals surface area contributed by atoms with Gasteiger partial charge in [-0.3, -0.25) is 0 Å². The van der Waals surface area contributed by atoms with Gasteiger partial charge in [0.15, 0.2) is 0 Å². The van der Waals surface area contributed by atoms with Gasteiger partial charge in [0.2, 0.25) is 0 Å². The fourth-order valence-electron chi connectivity index (χ4n) is 4.77. The zero-order valence-corrected chi connectivity index (χ0v) is 15.1. The second kappa shape index (κ2) is 7.12. The molecule has 4 rings (SSSR count). The summed E-state index contributed by atoms with van der Waals surface area (Å²) in [5.41, 5.74) is 2.61. The van der Waals surface area contributed by atoms with Crippen LogP contribution < -0.4 is 10.1 Å². The third-order valence-electron chi connectivity index (χ3n) is 6.06. The molecular formula is C21H27N3O. The van der Waals surface area contributed by atoms with Crippen molar-refractivity contribution in [2.24, 2.45) is 11.8 Å². The van der Waals surface area contributed by atoms with E-state index in [9.17, 15) is 0 Å². The summed E-state index contributed by atoms with van der Waals surface area (Å²) in [6.07, 6.45) is 9.37. The highest BCUT2D eigenvalue weighted by Crippen LogP contribution is 2.54. The molecule has 132 valence electrons. The van der Waals surface area contributed by atoms with E-state index < -0.39 is 0 Å². The number of rotatable bonds is 5. The van der Waals surface area contributed by atoms with Gasteiger partial charge in [0.1, 0.15) is 11.6 Å². The average molecular weight is 337 g/mol. The van der Waals surface area contributed by atoms with Gasteiger partial charge in [0.05, 0.1) is 7.11 Å². The molecule has 4 atom stereocenters. The highest BCUT2D eigenvalue weighted by molar-refractivity contribution is 5.33. The van der Waals surface area contributed by atoms with Crippen LogP contribution in [0.1, 0.15) is 48.6 Å². The van der Waals surface area contributed by atoms with Crippen molar-refractivity contribution in [3.8, 4) is 5.75 Å². The van der Waals surface area contributed by atoms with Crippen molar-refractivity contribution in [1.82, 2.24) is 15.3 Å². The Morgan fingerprint density at radius 3 is 2.40 bits per heavy atom. The Hall–Kier alpha value is -1.94. The Bertz CT molecular complexity index is 698. The van der Waals surface area contributed by atoms with Crippen LogP contribution in [0.3, 0.4) is 0 Å². The van der Waals surface area contributed by atoms with Gasteiger partial charge in [0, 0.05) is 36.5 Å². The van der Waals surface area contributed by atoms with E-state index in [0.717, 1.165) is 30.0 Å². The Kier molecular flexibility index (Phi) is 4.71. The molecule has 1 N–H and O–H groups in total. The number of benzene rings is 1. The number of nitrogens with zero attached hydrogens (tertiary/aromatic N) is 2. The van der Waals surface area contributed by atoms with E-state index in [1.165, 1.54) is 36.8 Å². The van der Waals surface area contributed by atoms with Crippen LogP contribution in [0.5, 0.6) is 5.75 Å². The SMILES string of the molecule is COc1ccc([C@H]2C3CCCCC3[C@@H]2NCc2cnc(C)nc2)cc1. The van der Waals surface area contributed by atoms with Crippen LogP contribution in [0.4, 0.5) is 0 Å². The first-order valence-electron chi connectivity index (χ1n) is 9.41. The highest BCUT2D eigenvalue weighted by Gasteiger charge is 2.50. The lowest BCUT2D eigenvalue weighted by Gasteiger charge is -2.55. The topological polar surface area (TPSA) is 47.0 Å². The Balaban J connectivity index is 1.49. The van der Waals surface area contributed by atoms with Crippen molar-refractivity contribution in [2.45, 2.75) is 51.1 Å². The van der Waals surface area contributed by atoms with Crippen molar-refractivity contribution in [3.05, 3.63) is 53.6 Å². The first kappa shape index (κ1) is 16.5. The van der Waals surface area contributed by atoms with Gasteiger partial charge < -0.3 is 10.1 Å². The van der Waals surface area contributed by atoms with Gasteiger partial charge in [0.25, 0.3) is 0 Å². The molecule has 0 radical (unpaired) electrons. The summed E-state index contributed by atoms with van der Waals surface area (Å²) in [6, 6.07) is 9.24. The van der Waals surface area contributed by atoms with Gasteiger partial charge in [-0.05, 0) is 49.3 Å². The third-order valence-corrected chi connectivity index (χ3v) is 6.06. The van der Waals surface area contributed by atoms with Crippen LogP contribution in [-0.2, 0) is 6.54 Å². The summed E-state index contributed by atoms with van der Waals surface area (Å²) in [6.45, 7) is 2.77. The molecule has 2 aliphatic rings. The zero-order chi connectivity index (χ0) is 17.2. The fraction of sp³-hybridized carbons (Fsp3) is 0.524. The molecule has 4 nitrogen and oxygen atoms in total. The third kappa shape index (κ3) is 3.28. The monoisotopic (exact) mass is 337 g/mol. The van der Waals surface area contributed by atoms with E-state index in [1.54, 1.807) is 7.11 Å². The molecule has 2 aromatic rings. The van der Waals surface area contributed by atoms with Gasteiger partial charge >= 0.3 is 0 Å². The molecule has 2 aliphatic carbocycles. The van der Waals surface area contributed by atoms with E-state index in [4.69, 9.17) is 4.74 Å². The maximum atomic E-state index is 5.32. The first-order chi connectivity index (χ1) is 12.3. The summed E-state index contributed by atoms with van der Waals surface area (Å²) < 4.78 is 5.32. The molecule has 0 aliphatic heterocycles. The molecule has 0 amide bonds. The van der Waals surface area contributed by atoms with Crippen LogP contribution >= 0.6 is 0 Å². The van der Waals surface area contributed by atoms with Crippen LogP contribution in [0, 0.1) is 18.8 Å². The summed E-state index contributed by atoms with van der Waals surface area (Å²) in [5, 5.41) is 3.82. The average Bonchev–Trinajstić information content (AvgIpc) is 2.65. The molecule has 1 aromatic heterocycles. The van der Waals surface area contributed by atoms with Crippen molar-refractivity contribution in [3.63, 3.8) is 0 Å². The minimum Gasteiger partial charge on any atom is -0.497 e. The van der Waals surface area contributed by atoms with Gasteiger partial charge in [-0.15, -0.1) is 0 Å². The number of aromatic nitrogens is 2. The highest BCUT2D eigenvalue weighted by atomic mass is 16.5. The number of nitrogens with one attached hydrogen (secondary N) is 1. The molecule has 2 unspecified atom stereocenters. The van der Waals surface area contributed by atoms with Gasteiger partial charge in [-0.1, -0.05) is 25.0 Å². The molecule has 25 heavy (non-hydrogen) atoms. The lowest BCUT2D eigenvalue weighted by atomic mass is 9.53. The van der Waals surface area contributed by atoms with E-state index in [-0.39, 0.29) is 0 Å². The Morgan fingerprint density at radius 2 is 1.72 bits per heavy atom. The van der Waals surface area contributed by atoms with Crippen LogP contribution in [0.25, 0.3) is 0 Å². The van der Waals surface area contributed by atoms with E-state index >= 15 is 0 Å². The number of hydrogen-bond acceptors (Lipinski definition) is 4. The summed E-state index contributed by atoms with van der Waals surface area (Å²) in [5.74, 6) is 4.02. The zero-order valence-electron chi connectivity index (χ0n) is 15.1. The quantitative estimate of drug-likeness (QED) is 0.900. The standard InChI is InChI=1S/C21H27N3O/c1-14-22-11-15(12-23-14)13-24-21-19-6-4-3-5-18(19)20(21)16-7-9-17(25-2)10-8-16/h7-12,18-21,24H,3-6,13H2,1-2H3/t18?,19?,20-,21-/m0/s1. The maximum absolute atomic E-state index is 5.32. The summed E-state index contributed by atoms with van der Waals surface area (Å²) >= 11 is 0. The second-order valence-electron chi connectivity index (χ2n) is 7.46. The van der Waals surface area contributed by atoms with Crippen molar-refractivity contribution >= 4 is 0 Å². The Morgan fingerprint density at radius 1 is 1.04 bits per heavy atom. The molecule has 1 aromatic carbocycles. The summed E-state index contributed by atoms with van der Waals surface area (Å²) in [4.78, 5) is 8.63. The number of hydrogen-bond donors (Lipinski definition) is 1. The lowest BCUT2D eigenvalue weighted by molar-refractivity contribution is 0.0253. The smallest absolute Gasteiger partial charge is 0.125 e. The molecule has 0 spiro atoms. The van der Waals surface area contributed by atoms with E-state index in [2.05, 4.69) is 39.6 Å². The van der Waals surface area contributed by atoms with Crippen LogP contribution in [-0.4, -0.2) is 23.1 Å². The first-order valence-corrected chi connectivity index (χ1v) is 9.41. The van der Waals surface area contributed by atoms with Crippen molar-refractivity contribution in [1.29, 1.82) is 0 Å². The van der Waals surface area contributed by atoms with E-state index in [0.29, 0.717) is 12.0 Å². The molecule has 1 heterocycles. The lowest BCUT2D eigenvalue weighted by Crippen LogP contribution is -2.57. The molecule has 2 fully saturated rings. The van der Waals surface area contributed by atoms with Crippen LogP contribution in [0.2, 0.25) is 0 Å². The number of aryl methyl sites for hydroxylation is 1. The minimum atomic E-state index is 0.556. The molecule has 0 bridgehead atoms. The second-order valence-corrected chi connectivity index (χ2v) is 7.46.